The summed E-state index contributed by atoms with van der Waals surface area (Å²) in [6, 6.07) is 4.01. The Kier molecular flexibility index (Phi) is 5.27. The highest BCUT2D eigenvalue weighted by Gasteiger charge is 2.51. The number of rotatable bonds is 5. The smallest absolute Gasteiger partial charge is 0.280 e. The summed E-state index contributed by atoms with van der Waals surface area (Å²) in [6.45, 7) is 2.92. The van der Waals surface area contributed by atoms with Gasteiger partial charge >= 0.3 is 0 Å². The molecule has 1 N–H and O–H groups in total. The monoisotopic (exact) mass is 499 g/mol. The van der Waals surface area contributed by atoms with Gasteiger partial charge in [0, 0.05) is 18.9 Å². The van der Waals surface area contributed by atoms with Crippen LogP contribution in [-0.4, -0.2) is 80.4 Å². The molecule has 36 heavy (non-hydrogen) atoms. The third kappa shape index (κ3) is 3.71. The lowest BCUT2D eigenvalue weighted by Gasteiger charge is -2.51. The molecule has 2 fully saturated rings. The first-order valence-corrected chi connectivity index (χ1v) is 11.6. The van der Waals surface area contributed by atoms with Crippen molar-refractivity contribution in [1.29, 1.82) is 0 Å². The number of methoxy groups -OCH3 is 1. The molecule has 1 aromatic carbocycles. The molecule has 0 amide bonds. The zero-order chi connectivity index (χ0) is 25.1. The maximum atomic E-state index is 15.2. The van der Waals surface area contributed by atoms with Crippen LogP contribution in [0.5, 0.6) is 5.88 Å². The van der Waals surface area contributed by atoms with E-state index in [9.17, 15) is 0 Å². The fourth-order valence-electron chi connectivity index (χ4n) is 4.93. The highest BCUT2D eigenvalue weighted by Crippen LogP contribution is 2.37. The number of fused-ring (bicyclic) bond motifs is 2. The van der Waals surface area contributed by atoms with Gasteiger partial charge in [-0.15, -0.1) is 5.10 Å². The van der Waals surface area contributed by atoms with Gasteiger partial charge < -0.3 is 14.8 Å². The van der Waals surface area contributed by atoms with Crippen molar-refractivity contribution in [2.45, 2.75) is 30.8 Å². The fraction of sp³-hybridized carbons (Fsp3) is 0.417. The van der Waals surface area contributed by atoms with E-state index in [1.54, 1.807) is 35.5 Å². The summed E-state index contributed by atoms with van der Waals surface area (Å²) in [4.78, 5) is 14.6. The number of hydrogen-bond acceptors (Lipinski definition) is 8. The molecule has 6 rings (SSSR count). The molecule has 3 aromatic heterocycles. The lowest BCUT2D eigenvalue weighted by Crippen LogP contribution is -2.67. The molecule has 12 heteroatoms. The minimum absolute atomic E-state index is 0.0607. The van der Waals surface area contributed by atoms with E-state index in [1.165, 1.54) is 17.8 Å². The number of halogens is 3. The molecule has 9 nitrogen and oxygen atoms in total. The summed E-state index contributed by atoms with van der Waals surface area (Å²) < 4.78 is 57.3. The number of nitrogens with zero attached hydrogens (tertiary/aromatic N) is 6. The predicted molar refractivity (Wildman–Crippen MR) is 126 cm³/mol. The van der Waals surface area contributed by atoms with Crippen LogP contribution in [0.15, 0.2) is 36.8 Å². The first-order valence-electron chi connectivity index (χ1n) is 11.6. The molecule has 2 saturated heterocycles. The van der Waals surface area contributed by atoms with Crippen molar-refractivity contribution in [3.8, 4) is 17.0 Å². The maximum absolute atomic E-state index is 15.2. The molecule has 0 bridgehead atoms. The van der Waals surface area contributed by atoms with Crippen molar-refractivity contribution in [3.05, 3.63) is 42.6 Å². The van der Waals surface area contributed by atoms with Crippen LogP contribution in [0.4, 0.5) is 19.1 Å². The zero-order valence-corrected chi connectivity index (χ0v) is 19.7. The topological polar surface area (TPSA) is 89.7 Å². The molecular formula is C24H24F3N7O2. The van der Waals surface area contributed by atoms with Crippen molar-refractivity contribution in [2.75, 3.05) is 38.7 Å². The second-order valence-electron chi connectivity index (χ2n) is 9.51. The Balaban J connectivity index is 1.33. The van der Waals surface area contributed by atoms with Gasteiger partial charge in [-0.1, -0.05) is 6.07 Å². The Morgan fingerprint density at radius 1 is 1.17 bits per heavy atom. The van der Waals surface area contributed by atoms with Crippen LogP contribution < -0.4 is 10.1 Å². The molecule has 188 valence electrons. The number of aromatic nitrogens is 5. The molecule has 1 atom stereocenters. The highest BCUT2D eigenvalue weighted by molar-refractivity contribution is 5.89. The van der Waals surface area contributed by atoms with Gasteiger partial charge in [0.25, 0.3) is 5.92 Å². The molecule has 0 radical (unpaired) electrons. The standard InChI is InChI=1S/C24H24F3N7O2/c1-23(12-36-13-23)33-8-5-18(24(26,27)11-33)30-22-31-21(35-2)20-19(15(25)10-34(20)32-22)14-3-4-16-17(9-14)29-7-6-28-16/h3-4,6-7,9-10,18H,5,8,11-13H2,1-2H3,(H,30,32). The van der Waals surface area contributed by atoms with E-state index in [0.29, 0.717) is 36.4 Å². The minimum atomic E-state index is -3.03. The van der Waals surface area contributed by atoms with Gasteiger partial charge in [0.1, 0.15) is 5.52 Å². The van der Waals surface area contributed by atoms with E-state index >= 15 is 13.2 Å². The van der Waals surface area contributed by atoms with Crippen LogP contribution in [0, 0.1) is 5.82 Å². The lowest BCUT2D eigenvalue weighted by atomic mass is 9.91. The van der Waals surface area contributed by atoms with Gasteiger partial charge in [0.15, 0.2) is 5.82 Å². The van der Waals surface area contributed by atoms with E-state index in [-0.39, 0.29) is 34.9 Å². The van der Waals surface area contributed by atoms with Gasteiger partial charge in [-0.25, -0.2) is 17.7 Å². The van der Waals surface area contributed by atoms with Crippen LogP contribution in [0.3, 0.4) is 0 Å². The van der Waals surface area contributed by atoms with Crippen molar-refractivity contribution in [2.24, 2.45) is 0 Å². The van der Waals surface area contributed by atoms with Gasteiger partial charge in [0.2, 0.25) is 11.8 Å². The van der Waals surface area contributed by atoms with Crippen molar-refractivity contribution < 1.29 is 22.6 Å². The summed E-state index contributed by atoms with van der Waals surface area (Å²) in [6.07, 6.45) is 4.51. The molecule has 1 unspecified atom stereocenters. The van der Waals surface area contributed by atoms with Crippen molar-refractivity contribution in [1.82, 2.24) is 29.5 Å². The second kappa shape index (κ2) is 8.27. The van der Waals surface area contributed by atoms with E-state index in [2.05, 4.69) is 25.4 Å². The number of ether oxygens (including phenoxy) is 2. The molecule has 0 aliphatic carbocycles. The SMILES string of the molecule is COc1nc(NC2CCN(C3(C)COC3)CC2(F)F)nn2cc(F)c(-c3ccc4nccnc4c3)c12. The van der Waals surface area contributed by atoms with E-state index in [1.807, 2.05) is 6.92 Å². The molecule has 2 aliphatic heterocycles. The van der Waals surface area contributed by atoms with E-state index in [0.717, 1.165) is 0 Å². The summed E-state index contributed by atoms with van der Waals surface area (Å²) in [5.74, 6) is -3.59. The Labute approximate surface area is 204 Å². The van der Waals surface area contributed by atoms with Crippen molar-refractivity contribution in [3.63, 3.8) is 0 Å². The largest absolute Gasteiger partial charge is 0.479 e. The number of likely N-dealkylation sites (tertiary alicyclic amines) is 1. The Hall–Kier alpha value is -3.51. The average molecular weight is 499 g/mol. The normalized spacial score (nSPS) is 21.4. The molecular weight excluding hydrogens is 475 g/mol. The minimum Gasteiger partial charge on any atom is -0.479 e. The number of benzene rings is 1. The molecule has 0 saturated carbocycles. The molecule has 2 aliphatic rings. The zero-order valence-electron chi connectivity index (χ0n) is 19.7. The van der Waals surface area contributed by atoms with Gasteiger partial charge in [0.05, 0.1) is 61.2 Å². The summed E-state index contributed by atoms with van der Waals surface area (Å²) >= 11 is 0. The number of piperidine rings is 1. The third-order valence-electron chi connectivity index (χ3n) is 7.00. The van der Waals surface area contributed by atoms with Crippen LogP contribution in [0.1, 0.15) is 13.3 Å². The summed E-state index contributed by atoms with van der Waals surface area (Å²) in [7, 11) is 1.39. The van der Waals surface area contributed by atoms with Crippen molar-refractivity contribution >= 4 is 22.5 Å². The lowest BCUT2D eigenvalue weighted by molar-refractivity contribution is -0.174. The summed E-state index contributed by atoms with van der Waals surface area (Å²) in [5, 5.41) is 7.05. The maximum Gasteiger partial charge on any atom is 0.280 e. The first kappa shape index (κ1) is 22.9. The third-order valence-corrected chi connectivity index (χ3v) is 7.00. The number of alkyl halides is 2. The number of nitrogens with one attached hydrogen (secondary N) is 1. The highest BCUT2D eigenvalue weighted by atomic mass is 19.3. The molecule has 0 spiro atoms. The Bertz CT molecular complexity index is 1460. The molecule has 4 aromatic rings. The van der Waals surface area contributed by atoms with Gasteiger partial charge in [-0.3, -0.25) is 14.9 Å². The van der Waals surface area contributed by atoms with Gasteiger partial charge in [-0.2, -0.15) is 4.98 Å². The predicted octanol–water partition coefficient (Wildman–Crippen LogP) is 3.40. The van der Waals surface area contributed by atoms with Crippen LogP contribution in [0.25, 0.3) is 27.7 Å². The fourth-order valence-corrected chi connectivity index (χ4v) is 4.93. The average Bonchev–Trinajstić information content (AvgIpc) is 3.18. The summed E-state index contributed by atoms with van der Waals surface area (Å²) in [5.41, 5.74) is 1.95. The number of hydrogen-bond donors (Lipinski definition) is 1. The van der Waals surface area contributed by atoms with E-state index in [4.69, 9.17) is 9.47 Å². The quantitative estimate of drug-likeness (QED) is 0.447. The van der Waals surface area contributed by atoms with Crippen LogP contribution in [-0.2, 0) is 4.74 Å². The Morgan fingerprint density at radius 3 is 2.64 bits per heavy atom. The van der Waals surface area contributed by atoms with Crippen LogP contribution in [0.2, 0.25) is 0 Å². The van der Waals surface area contributed by atoms with Crippen LogP contribution >= 0.6 is 0 Å². The second-order valence-corrected chi connectivity index (χ2v) is 9.51. The van der Waals surface area contributed by atoms with E-state index < -0.39 is 24.3 Å². The first-order chi connectivity index (χ1) is 17.3. The number of anilines is 1. The van der Waals surface area contributed by atoms with Gasteiger partial charge in [-0.05, 0) is 31.0 Å². The molecule has 5 heterocycles. The Morgan fingerprint density at radius 2 is 1.94 bits per heavy atom.